The van der Waals surface area contributed by atoms with Crippen LogP contribution in [0.5, 0.6) is 5.75 Å². The van der Waals surface area contributed by atoms with Gasteiger partial charge in [-0.25, -0.2) is 4.79 Å². The van der Waals surface area contributed by atoms with E-state index in [-0.39, 0.29) is 6.61 Å². The van der Waals surface area contributed by atoms with Gasteiger partial charge in [-0.2, -0.15) is 0 Å². The van der Waals surface area contributed by atoms with Crippen molar-refractivity contribution >= 4 is 11.9 Å². The van der Waals surface area contributed by atoms with Crippen molar-refractivity contribution in [1.29, 1.82) is 0 Å². The number of carboxylic acid groups (broad SMARTS) is 1. The highest BCUT2D eigenvalue weighted by Gasteiger charge is 2.19. The van der Waals surface area contributed by atoms with Gasteiger partial charge in [0, 0.05) is 0 Å². The van der Waals surface area contributed by atoms with Crippen LogP contribution < -0.4 is 10.1 Å². The molecular weight excluding hydrogens is 258 g/mol. The molecule has 0 saturated heterocycles. The number of carbonyl (C=O) groups excluding carboxylic acids is 1. The number of carbonyl (C=O) groups is 2. The van der Waals surface area contributed by atoms with Crippen LogP contribution >= 0.6 is 0 Å². The maximum Gasteiger partial charge on any atom is 0.326 e. The Hall–Kier alpha value is -2.04. The fraction of sp³-hybridized carbons (Fsp3) is 0.467. The molecule has 1 atom stereocenters. The van der Waals surface area contributed by atoms with E-state index in [1.807, 2.05) is 32.0 Å². The quantitative estimate of drug-likeness (QED) is 0.764. The highest BCUT2D eigenvalue weighted by Crippen LogP contribution is 2.12. The topological polar surface area (TPSA) is 75.6 Å². The molecule has 1 unspecified atom stereocenters. The Balaban J connectivity index is 2.43. The average molecular weight is 279 g/mol. The third-order valence-electron chi connectivity index (χ3n) is 2.84. The molecule has 0 saturated carbocycles. The number of nitrogens with one attached hydrogen (secondary N) is 1. The Morgan fingerprint density at radius 2 is 2.15 bits per heavy atom. The molecule has 5 nitrogen and oxygen atoms in total. The zero-order chi connectivity index (χ0) is 15.0. The fourth-order valence-electron chi connectivity index (χ4n) is 1.76. The first kappa shape index (κ1) is 16.0. The Morgan fingerprint density at radius 1 is 1.40 bits per heavy atom. The number of carboxylic acids is 1. The summed E-state index contributed by atoms with van der Waals surface area (Å²) in [6.07, 6.45) is 2.08. The van der Waals surface area contributed by atoms with E-state index in [9.17, 15) is 9.59 Å². The number of hydrogen-bond donors (Lipinski definition) is 2. The summed E-state index contributed by atoms with van der Waals surface area (Å²) in [6.45, 7) is 3.72. The summed E-state index contributed by atoms with van der Waals surface area (Å²) in [4.78, 5) is 22.7. The first-order valence-electron chi connectivity index (χ1n) is 6.74. The fourth-order valence-corrected chi connectivity index (χ4v) is 1.76. The standard InChI is InChI=1S/C15H21NO4/c1-3-4-8-13(15(18)19)16-14(17)10-20-12-7-5-6-11(2)9-12/h5-7,9,13H,3-4,8,10H2,1-2H3,(H,16,17)(H,18,19). The van der Waals surface area contributed by atoms with Crippen molar-refractivity contribution in [3.05, 3.63) is 29.8 Å². The molecule has 0 aliphatic carbocycles. The molecule has 5 heteroatoms. The molecule has 1 aromatic carbocycles. The number of aliphatic carboxylic acids is 1. The normalized spacial score (nSPS) is 11.7. The monoisotopic (exact) mass is 279 g/mol. The van der Waals surface area contributed by atoms with Crippen molar-refractivity contribution in [2.45, 2.75) is 39.2 Å². The lowest BCUT2D eigenvalue weighted by atomic mass is 10.1. The number of hydrogen-bond acceptors (Lipinski definition) is 3. The van der Waals surface area contributed by atoms with Gasteiger partial charge < -0.3 is 15.2 Å². The molecule has 1 amide bonds. The number of amides is 1. The Bertz CT molecular complexity index is 459. The van der Waals surface area contributed by atoms with Gasteiger partial charge in [0.25, 0.3) is 5.91 Å². The van der Waals surface area contributed by atoms with Gasteiger partial charge in [0.2, 0.25) is 0 Å². The Morgan fingerprint density at radius 3 is 2.75 bits per heavy atom. The van der Waals surface area contributed by atoms with E-state index in [0.29, 0.717) is 12.2 Å². The highest BCUT2D eigenvalue weighted by molar-refractivity contribution is 5.84. The van der Waals surface area contributed by atoms with Crippen LogP contribution in [-0.2, 0) is 9.59 Å². The molecule has 0 spiro atoms. The zero-order valence-electron chi connectivity index (χ0n) is 11.9. The van der Waals surface area contributed by atoms with Crippen LogP contribution in [0.1, 0.15) is 31.7 Å². The number of unbranched alkanes of at least 4 members (excludes halogenated alkanes) is 1. The first-order chi connectivity index (χ1) is 9.52. The van der Waals surface area contributed by atoms with E-state index in [1.54, 1.807) is 6.07 Å². The SMILES string of the molecule is CCCCC(NC(=O)COc1cccc(C)c1)C(=O)O. The van der Waals surface area contributed by atoms with Gasteiger partial charge in [0.15, 0.2) is 6.61 Å². The smallest absolute Gasteiger partial charge is 0.326 e. The highest BCUT2D eigenvalue weighted by atomic mass is 16.5. The van der Waals surface area contributed by atoms with Crippen LogP contribution in [0.3, 0.4) is 0 Å². The van der Waals surface area contributed by atoms with Crippen LogP contribution in [0.25, 0.3) is 0 Å². The molecule has 0 radical (unpaired) electrons. The maximum absolute atomic E-state index is 11.7. The van der Waals surface area contributed by atoms with Gasteiger partial charge in [-0.05, 0) is 31.0 Å². The van der Waals surface area contributed by atoms with Crippen LogP contribution in [0.2, 0.25) is 0 Å². The molecular formula is C15H21NO4. The molecule has 2 N–H and O–H groups in total. The van der Waals surface area contributed by atoms with E-state index in [4.69, 9.17) is 9.84 Å². The molecule has 0 heterocycles. The van der Waals surface area contributed by atoms with E-state index in [0.717, 1.165) is 18.4 Å². The molecule has 0 aliphatic heterocycles. The summed E-state index contributed by atoms with van der Waals surface area (Å²) >= 11 is 0. The van der Waals surface area contributed by atoms with Crippen molar-refractivity contribution < 1.29 is 19.4 Å². The summed E-state index contributed by atoms with van der Waals surface area (Å²) < 4.78 is 5.33. The number of benzene rings is 1. The second-order valence-electron chi connectivity index (χ2n) is 4.71. The van der Waals surface area contributed by atoms with Crippen LogP contribution in [0.15, 0.2) is 24.3 Å². The van der Waals surface area contributed by atoms with E-state index < -0.39 is 17.9 Å². The lowest BCUT2D eigenvalue weighted by molar-refractivity contribution is -0.142. The molecule has 0 fully saturated rings. The minimum atomic E-state index is -1.01. The van der Waals surface area contributed by atoms with Gasteiger partial charge in [0.1, 0.15) is 11.8 Å². The molecule has 0 aliphatic rings. The van der Waals surface area contributed by atoms with Gasteiger partial charge >= 0.3 is 5.97 Å². The first-order valence-corrected chi connectivity index (χ1v) is 6.74. The van der Waals surface area contributed by atoms with Gasteiger partial charge in [0.05, 0.1) is 0 Å². The van der Waals surface area contributed by atoms with Crippen molar-refractivity contribution in [2.24, 2.45) is 0 Å². The van der Waals surface area contributed by atoms with E-state index in [2.05, 4.69) is 5.32 Å². The third kappa shape index (κ3) is 5.73. The van der Waals surface area contributed by atoms with Crippen molar-refractivity contribution in [3.63, 3.8) is 0 Å². The predicted octanol–water partition coefficient (Wildman–Crippen LogP) is 2.13. The number of aryl methyl sites for hydroxylation is 1. The largest absolute Gasteiger partial charge is 0.484 e. The minimum Gasteiger partial charge on any atom is -0.484 e. The van der Waals surface area contributed by atoms with Gasteiger partial charge in [-0.3, -0.25) is 4.79 Å². The number of ether oxygens (including phenoxy) is 1. The van der Waals surface area contributed by atoms with Crippen molar-refractivity contribution in [2.75, 3.05) is 6.61 Å². The molecule has 0 bridgehead atoms. The van der Waals surface area contributed by atoms with Crippen molar-refractivity contribution in [1.82, 2.24) is 5.32 Å². The predicted molar refractivity (Wildman–Crippen MR) is 75.8 cm³/mol. The molecule has 1 rings (SSSR count). The van der Waals surface area contributed by atoms with Gasteiger partial charge in [-0.1, -0.05) is 31.9 Å². The summed E-state index contributed by atoms with van der Waals surface area (Å²) in [5.41, 5.74) is 1.04. The van der Waals surface area contributed by atoms with Crippen LogP contribution in [-0.4, -0.2) is 29.6 Å². The summed E-state index contributed by atoms with van der Waals surface area (Å²) in [6, 6.07) is 6.50. The van der Waals surface area contributed by atoms with Crippen LogP contribution in [0, 0.1) is 6.92 Å². The average Bonchev–Trinajstić information content (AvgIpc) is 2.41. The minimum absolute atomic E-state index is 0.181. The van der Waals surface area contributed by atoms with Crippen LogP contribution in [0.4, 0.5) is 0 Å². The summed E-state index contributed by atoms with van der Waals surface area (Å²) in [7, 11) is 0. The Labute approximate surface area is 118 Å². The maximum atomic E-state index is 11.7. The summed E-state index contributed by atoms with van der Waals surface area (Å²) in [5, 5.41) is 11.5. The second-order valence-corrected chi connectivity index (χ2v) is 4.71. The van der Waals surface area contributed by atoms with Crippen molar-refractivity contribution in [3.8, 4) is 5.75 Å². The number of rotatable bonds is 8. The molecule has 20 heavy (non-hydrogen) atoms. The van der Waals surface area contributed by atoms with E-state index >= 15 is 0 Å². The Kier molecular flexibility index (Phi) is 6.56. The van der Waals surface area contributed by atoms with Gasteiger partial charge in [-0.15, -0.1) is 0 Å². The van der Waals surface area contributed by atoms with E-state index in [1.165, 1.54) is 0 Å². The lowest BCUT2D eigenvalue weighted by Gasteiger charge is -2.14. The lowest BCUT2D eigenvalue weighted by Crippen LogP contribution is -2.42. The third-order valence-corrected chi connectivity index (χ3v) is 2.84. The second kappa shape index (κ2) is 8.19. The molecule has 0 aromatic heterocycles. The molecule has 1 aromatic rings. The zero-order valence-corrected chi connectivity index (χ0v) is 11.9. The summed E-state index contributed by atoms with van der Waals surface area (Å²) in [5.74, 6) is -0.835. The molecule has 110 valence electrons.